The average Bonchev–Trinajstić information content (AvgIpc) is 2.39. The molecule has 4 nitrogen and oxygen atoms in total. The topological polar surface area (TPSA) is 61.2 Å². The van der Waals surface area contributed by atoms with Gasteiger partial charge in [0.05, 0.1) is 10.5 Å². The molecule has 0 aromatic heterocycles. The van der Waals surface area contributed by atoms with Crippen LogP contribution in [0, 0.1) is 11.3 Å². The number of hydrogen-bond donors (Lipinski definition) is 0. The highest BCUT2D eigenvalue weighted by Gasteiger charge is 2.27. The molecule has 1 aliphatic heterocycles. The van der Waals surface area contributed by atoms with Gasteiger partial charge in [-0.1, -0.05) is 12.1 Å². The van der Waals surface area contributed by atoms with E-state index in [0.29, 0.717) is 13.1 Å². The molecule has 0 unspecified atom stereocenters. The Bertz CT molecular complexity index is 543. The van der Waals surface area contributed by atoms with Crippen molar-refractivity contribution in [2.45, 2.75) is 4.90 Å². The van der Waals surface area contributed by atoms with Gasteiger partial charge in [0.25, 0.3) is 0 Å². The van der Waals surface area contributed by atoms with Crippen LogP contribution in [0.4, 0.5) is 0 Å². The van der Waals surface area contributed by atoms with Gasteiger partial charge < -0.3 is 0 Å². The summed E-state index contributed by atoms with van der Waals surface area (Å²) in [5, 5.41) is 8.94. The molecule has 0 radical (unpaired) electrons. The Morgan fingerprint density at radius 3 is 2.53 bits per heavy atom. The summed E-state index contributed by atoms with van der Waals surface area (Å²) in [6.45, 7) is 1.04. The molecule has 0 saturated carbocycles. The van der Waals surface area contributed by atoms with Crippen LogP contribution < -0.4 is 0 Å². The second-order valence-electron chi connectivity index (χ2n) is 3.62. The van der Waals surface area contributed by atoms with E-state index in [9.17, 15) is 8.42 Å². The summed E-state index contributed by atoms with van der Waals surface area (Å²) >= 11 is 1.75. The van der Waals surface area contributed by atoms with E-state index >= 15 is 0 Å². The zero-order valence-electron chi connectivity index (χ0n) is 9.17. The van der Waals surface area contributed by atoms with Crippen molar-refractivity contribution in [3.05, 3.63) is 29.8 Å². The highest BCUT2D eigenvalue weighted by Crippen LogP contribution is 2.22. The molecule has 0 amide bonds. The van der Waals surface area contributed by atoms with E-state index in [0.717, 1.165) is 11.5 Å². The van der Waals surface area contributed by atoms with Crippen LogP contribution in [0.1, 0.15) is 5.56 Å². The molecule has 1 fully saturated rings. The van der Waals surface area contributed by atoms with Gasteiger partial charge >= 0.3 is 0 Å². The van der Waals surface area contributed by atoms with Gasteiger partial charge in [0.2, 0.25) is 10.0 Å². The lowest BCUT2D eigenvalue weighted by atomic mass is 10.2. The predicted molar refractivity (Wildman–Crippen MR) is 67.2 cm³/mol. The molecular formula is C11H12N2O2S2. The largest absolute Gasteiger partial charge is 0.244 e. The highest BCUT2D eigenvalue weighted by molar-refractivity contribution is 7.99. The second kappa shape index (κ2) is 5.08. The molecule has 0 spiro atoms. The lowest BCUT2D eigenvalue weighted by Gasteiger charge is -2.25. The molecule has 0 bridgehead atoms. The lowest BCUT2D eigenvalue weighted by Crippen LogP contribution is -2.38. The fourth-order valence-corrected chi connectivity index (χ4v) is 4.43. The van der Waals surface area contributed by atoms with Crippen molar-refractivity contribution in [3.8, 4) is 6.07 Å². The van der Waals surface area contributed by atoms with Gasteiger partial charge in [-0.3, -0.25) is 0 Å². The number of nitriles is 1. The molecule has 0 atom stereocenters. The summed E-state index contributed by atoms with van der Waals surface area (Å²) in [4.78, 5) is 0.120. The summed E-state index contributed by atoms with van der Waals surface area (Å²) in [5.74, 6) is 1.63. The predicted octanol–water partition coefficient (Wildman–Crippen LogP) is 1.30. The van der Waals surface area contributed by atoms with Crippen LogP contribution in [0.5, 0.6) is 0 Å². The third-order valence-corrected chi connectivity index (χ3v) is 5.49. The van der Waals surface area contributed by atoms with Crippen LogP contribution in [0.3, 0.4) is 0 Å². The smallest absolute Gasteiger partial charge is 0.207 e. The van der Waals surface area contributed by atoms with E-state index in [2.05, 4.69) is 0 Å². The minimum Gasteiger partial charge on any atom is -0.207 e. The minimum absolute atomic E-state index is 0.120. The van der Waals surface area contributed by atoms with Crippen molar-refractivity contribution in [3.63, 3.8) is 0 Å². The third-order valence-electron chi connectivity index (χ3n) is 2.60. The van der Waals surface area contributed by atoms with Crippen molar-refractivity contribution in [1.82, 2.24) is 4.31 Å². The highest BCUT2D eigenvalue weighted by atomic mass is 32.2. The Morgan fingerprint density at radius 2 is 1.88 bits per heavy atom. The van der Waals surface area contributed by atoms with Crippen LogP contribution in [0.15, 0.2) is 29.2 Å². The molecule has 1 heterocycles. The summed E-state index contributed by atoms with van der Waals surface area (Å²) in [6, 6.07) is 8.27. The molecule has 6 heteroatoms. The van der Waals surface area contributed by atoms with E-state index in [4.69, 9.17) is 5.26 Å². The van der Waals surface area contributed by atoms with E-state index in [1.807, 2.05) is 6.07 Å². The zero-order valence-corrected chi connectivity index (χ0v) is 10.8. The van der Waals surface area contributed by atoms with Crippen LogP contribution in [-0.2, 0) is 10.0 Å². The number of sulfonamides is 1. The van der Waals surface area contributed by atoms with Crippen LogP contribution in [0.2, 0.25) is 0 Å². The van der Waals surface area contributed by atoms with E-state index in [1.54, 1.807) is 23.9 Å². The molecule has 17 heavy (non-hydrogen) atoms. The van der Waals surface area contributed by atoms with Crippen LogP contribution in [-0.4, -0.2) is 37.3 Å². The van der Waals surface area contributed by atoms with Gasteiger partial charge in [-0.05, 0) is 12.1 Å². The van der Waals surface area contributed by atoms with Crippen LogP contribution in [0.25, 0.3) is 0 Å². The molecule has 0 N–H and O–H groups in total. The fourth-order valence-electron chi connectivity index (χ4n) is 1.71. The Kier molecular flexibility index (Phi) is 3.72. The monoisotopic (exact) mass is 268 g/mol. The van der Waals surface area contributed by atoms with Crippen molar-refractivity contribution in [1.29, 1.82) is 5.26 Å². The van der Waals surface area contributed by atoms with Gasteiger partial charge in [0.15, 0.2) is 0 Å². The van der Waals surface area contributed by atoms with Gasteiger partial charge in [0, 0.05) is 24.6 Å². The summed E-state index contributed by atoms with van der Waals surface area (Å²) in [6.07, 6.45) is 0. The Hall–Kier alpha value is -1.03. The summed E-state index contributed by atoms with van der Waals surface area (Å²) in [7, 11) is -3.51. The van der Waals surface area contributed by atoms with Gasteiger partial charge in [0.1, 0.15) is 6.07 Å². The maximum absolute atomic E-state index is 12.3. The summed E-state index contributed by atoms with van der Waals surface area (Å²) < 4.78 is 26.1. The van der Waals surface area contributed by atoms with Crippen molar-refractivity contribution < 1.29 is 8.42 Å². The van der Waals surface area contributed by atoms with E-state index in [-0.39, 0.29) is 10.5 Å². The molecule has 1 saturated heterocycles. The van der Waals surface area contributed by atoms with Crippen LogP contribution >= 0.6 is 11.8 Å². The number of hydrogen-bond acceptors (Lipinski definition) is 4. The fraction of sp³-hybridized carbons (Fsp3) is 0.364. The normalized spacial score (nSPS) is 17.6. The molecule has 0 aliphatic carbocycles. The molecular weight excluding hydrogens is 256 g/mol. The third kappa shape index (κ3) is 2.46. The molecule has 90 valence electrons. The van der Waals surface area contributed by atoms with E-state index in [1.165, 1.54) is 16.4 Å². The molecule has 2 rings (SSSR count). The number of nitrogens with zero attached hydrogens (tertiary/aromatic N) is 2. The first-order valence-electron chi connectivity index (χ1n) is 5.23. The zero-order chi connectivity index (χ0) is 12.3. The minimum atomic E-state index is -3.51. The quantitative estimate of drug-likeness (QED) is 0.811. The van der Waals surface area contributed by atoms with Crippen molar-refractivity contribution in [2.24, 2.45) is 0 Å². The molecule has 1 aromatic rings. The molecule has 1 aromatic carbocycles. The Balaban J connectivity index is 2.41. The standard InChI is InChI=1S/C11H12N2O2S2/c12-9-10-3-1-2-4-11(10)17(14,15)13-5-7-16-8-6-13/h1-4H,5-8H2. The second-order valence-corrected chi connectivity index (χ2v) is 6.76. The Morgan fingerprint density at radius 1 is 1.24 bits per heavy atom. The van der Waals surface area contributed by atoms with Gasteiger partial charge in [-0.25, -0.2) is 8.42 Å². The maximum atomic E-state index is 12.3. The SMILES string of the molecule is N#Cc1ccccc1S(=O)(=O)N1CCSCC1. The lowest BCUT2D eigenvalue weighted by molar-refractivity contribution is 0.443. The van der Waals surface area contributed by atoms with Crippen molar-refractivity contribution in [2.75, 3.05) is 24.6 Å². The average molecular weight is 268 g/mol. The first-order chi connectivity index (χ1) is 8.16. The first kappa shape index (κ1) is 12.4. The molecule has 1 aliphatic rings. The summed E-state index contributed by atoms with van der Waals surface area (Å²) in [5.41, 5.74) is 0.214. The maximum Gasteiger partial charge on any atom is 0.244 e. The van der Waals surface area contributed by atoms with Gasteiger partial charge in [-0.2, -0.15) is 21.3 Å². The van der Waals surface area contributed by atoms with E-state index < -0.39 is 10.0 Å². The number of thioether (sulfide) groups is 1. The Labute approximate surface area is 105 Å². The number of rotatable bonds is 2. The number of benzene rings is 1. The van der Waals surface area contributed by atoms with Gasteiger partial charge in [-0.15, -0.1) is 0 Å². The van der Waals surface area contributed by atoms with Crippen molar-refractivity contribution >= 4 is 21.8 Å². The first-order valence-corrected chi connectivity index (χ1v) is 7.83.